The Labute approximate surface area is 136 Å². The second kappa shape index (κ2) is 7.11. The zero-order valence-corrected chi connectivity index (χ0v) is 12.9. The van der Waals surface area contributed by atoms with Crippen LogP contribution in [-0.2, 0) is 9.59 Å². The van der Waals surface area contributed by atoms with Crippen molar-refractivity contribution in [3.63, 3.8) is 0 Å². The molecule has 0 fully saturated rings. The molecule has 1 aromatic carbocycles. The van der Waals surface area contributed by atoms with Crippen molar-refractivity contribution in [1.82, 2.24) is 4.98 Å². The molecule has 0 unspecified atom stereocenters. The van der Waals surface area contributed by atoms with Crippen molar-refractivity contribution in [1.29, 1.82) is 0 Å². The number of ether oxygens (including phenoxy) is 1. The number of hydrogen-bond donors (Lipinski definition) is 2. The predicted molar refractivity (Wildman–Crippen MR) is 84.5 cm³/mol. The van der Waals surface area contributed by atoms with Crippen LogP contribution >= 0.6 is 23.2 Å². The van der Waals surface area contributed by atoms with Crippen LogP contribution < -0.4 is 15.4 Å². The highest BCUT2D eigenvalue weighted by atomic mass is 35.5. The molecule has 0 spiro atoms. The van der Waals surface area contributed by atoms with E-state index in [2.05, 4.69) is 15.6 Å². The third-order valence-corrected chi connectivity index (χ3v) is 3.16. The van der Waals surface area contributed by atoms with E-state index in [0.717, 1.165) is 0 Å². The second-order valence-corrected chi connectivity index (χ2v) is 4.89. The van der Waals surface area contributed by atoms with E-state index in [0.29, 0.717) is 10.8 Å². The van der Waals surface area contributed by atoms with Crippen molar-refractivity contribution in [2.45, 2.75) is 0 Å². The van der Waals surface area contributed by atoms with Gasteiger partial charge in [0.2, 0.25) is 0 Å². The Bertz CT molecular complexity index is 722. The van der Waals surface area contributed by atoms with Gasteiger partial charge in [0, 0.05) is 11.2 Å². The van der Waals surface area contributed by atoms with Crippen LogP contribution in [0.3, 0.4) is 0 Å². The first-order valence-electron chi connectivity index (χ1n) is 6.07. The van der Waals surface area contributed by atoms with Gasteiger partial charge in [-0.05, 0) is 30.3 Å². The maximum atomic E-state index is 11.9. The van der Waals surface area contributed by atoms with Crippen molar-refractivity contribution >= 4 is 46.4 Å². The minimum atomic E-state index is -0.892. The van der Waals surface area contributed by atoms with E-state index in [9.17, 15) is 9.59 Å². The molecule has 0 aliphatic carbocycles. The minimum Gasteiger partial charge on any atom is -0.495 e. The van der Waals surface area contributed by atoms with Crippen LogP contribution in [0.25, 0.3) is 0 Å². The average molecular weight is 340 g/mol. The zero-order chi connectivity index (χ0) is 16.1. The molecule has 2 N–H and O–H groups in total. The maximum Gasteiger partial charge on any atom is 0.314 e. The van der Waals surface area contributed by atoms with Gasteiger partial charge in [-0.2, -0.15) is 0 Å². The van der Waals surface area contributed by atoms with Crippen molar-refractivity contribution in [3.8, 4) is 5.75 Å². The Morgan fingerprint density at radius 2 is 1.77 bits per heavy atom. The maximum absolute atomic E-state index is 11.9. The largest absolute Gasteiger partial charge is 0.495 e. The lowest BCUT2D eigenvalue weighted by Gasteiger charge is -2.10. The molecule has 1 aromatic heterocycles. The van der Waals surface area contributed by atoms with E-state index in [-0.39, 0.29) is 16.5 Å². The topological polar surface area (TPSA) is 80.3 Å². The third-order valence-electron chi connectivity index (χ3n) is 2.62. The molecule has 0 aliphatic rings. The van der Waals surface area contributed by atoms with Gasteiger partial charge in [-0.15, -0.1) is 0 Å². The van der Waals surface area contributed by atoms with E-state index in [1.54, 1.807) is 18.2 Å². The summed E-state index contributed by atoms with van der Waals surface area (Å²) in [5, 5.41) is 5.26. The van der Waals surface area contributed by atoms with Gasteiger partial charge in [0.25, 0.3) is 0 Å². The minimum absolute atomic E-state index is 0.0870. The first-order valence-corrected chi connectivity index (χ1v) is 6.83. The van der Waals surface area contributed by atoms with Crippen LogP contribution in [-0.4, -0.2) is 23.9 Å². The highest BCUT2D eigenvalue weighted by Gasteiger charge is 2.17. The number of hydrogen-bond acceptors (Lipinski definition) is 4. The van der Waals surface area contributed by atoms with Gasteiger partial charge in [-0.1, -0.05) is 23.2 Å². The van der Waals surface area contributed by atoms with E-state index >= 15 is 0 Å². The Morgan fingerprint density at radius 3 is 2.41 bits per heavy atom. The van der Waals surface area contributed by atoms with Gasteiger partial charge in [0.1, 0.15) is 5.75 Å². The van der Waals surface area contributed by atoms with Gasteiger partial charge >= 0.3 is 11.8 Å². The summed E-state index contributed by atoms with van der Waals surface area (Å²) in [6.45, 7) is 0. The lowest BCUT2D eigenvalue weighted by atomic mass is 10.3. The molecule has 2 aromatic rings. The molecule has 0 saturated carbocycles. The number of amides is 2. The fourth-order valence-corrected chi connectivity index (χ4v) is 1.95. The number of anilines is 2. The Hall–Kier alpha value is -2.31. The fourth-order valence-electron chi connectivity index (χ4n) is 1.62. The summed E-state index contributed by atoms with van der Waals surface area (Å²) in [6.07, 6.45) is 1.47. The molecular formula is C14H11Cl2N3O3. The summed E-state index contributed by atoms with van der Waals surface area (Å²) >= 11 is 11.7. The van der Waals surface area contributed by atoms with Gasteiger partial charge in [-0.3, -0.25) is 9.59 Å². The Kier molecular flexibility index (Phi) is 5.19. The van der Waals surface area contributed by atoms with Gasteiger partial charge < -0.3 is 15.4 Å². The Balaban J connectivity index is 2.11. The number of benzene rings is 1. The van der Waals surface area contributed by atoms with Crippen LogP contribution in [0.2, 0.25) is 10.2 Å². The molecule has 114 valence electrons. The van der Waals surface area contributed by atoms with Crippen molar-refractivity contribution in [3.05, 3.63) is 46.7 Å². The zero-order valence-electron chi connectivity index (χ0n) is 11.4. The average Bonchev–Trinajstić information content (AvgIpc) is 2.49. The number of methoxy groups -OCH3 is 1. The molecule has 0 saturated heterocycles. The summed E-state index contributed by atoms with van der Waals surface area (Å²) in [7, 11) is 1.44. The van der Waals surface area contributed by atoms with E-state index < -0.39 is 11.8 Å². The molecule has 0 radical (unpaired) electrons. The fraction of sp³-hybridized carbons (Fsp3) is 0.0714. The van der Waals surface area contributed by atoms with E-state index in [4.69, 9.17) is 27.9 Å². The van der Waals surface area contributed by atoms with Crippen molar-refractivity contribution in [2.24, 2.45) is 0 Å². The summed E-state index contributed by atoms with van der Waals surface area (Å²) in [5.41, 5.74) is 0.523. The second-order valence-electron chi connectivity index (χ2n) is 4.09. The standard InChI is InChI=1S/C14H11Cl2N3O3/c1-22-11-5-4-8(15)7-10(11)19-14(21)13(20)18-9-3-2-6-17-12(9)16/h2-7H,1H3,(H,18,20)(H,19,21). The van der Waals surface area contributed by atoms with Crippen LogP contribution in [0, 0.1) is 0 Å². The normalized spacial score (nSPS) is 9.95. The predicted octanol–water partition coefficient (Wildman–Crippen LogP) is 2.97. The SMILES string of the molecule is COc1ccc(Cl)cc1NC(=O)C(=O)Nc1cccnc1Cl. The summed E-state index contributed by atoms with van der Waals surface area (Å²) in [4.78, 5) is 27.6. The number of pyridine rings is 1. The summed E-state index contributed by atoms with van der Waals surface area (Å²) in [5.74, 6) is -1.40. The molecule has 6 nitrogen and oxygen atoms in total. The van der Waals surface area contributed by atoms with Crippen LogP contribution in [0.15, 0.2) is 36.5 Å². The lowest BCUT2D eigenvalue weighted by molar-refractivity contribution is -0.133. The number of aromatic nitrogens is 1. The number of carbonyl (C=O) groups is 2. The third kappa shape index (κ3) is 3.87. The number of carbonyl (C=O) groups excluding carboxylic acids is 2. The lowest BCUT2D eigenvalue weighted by Crippen LogP contribution is -2.29. The first kappa shape index (κ1) is 16.1. The Morgan fingerprint density at radius 1 is 1.09 bits per heavy atom. The van der Waals surface area contributed by atoms with Gasteiger partial charge in [-0.25, -0.2) is 4.98 Å². The highest BCUT2D eigenvalue weighted by molar-refractivity contribution is 6.44. The number of nitrogens with zero attached hydrogens (tertiary/aromatic N) is 1. The van der Waals surface area contributed by atoms with Gasteiger partial charge in [0.05, 0.1) is 18.5 Å². The first-order chi connectivity index (χ1) is 10.5. The summed E-state index contributed by atoms with van der Waals surface area (Å²) in [6, 6.07) is 7.77. The van der Waals surface area contributed by atoms with Gasteiger partial charge in [0.15, 0.2) is 5.15 Å². The highest BCUT2D eigenvalue weighted by Crippen LogP contribution is 2.27. The molecule has 22 heavy (non-hydrogen) atoms. The van der Waals surface area contributed by atoms with E-state index in [1.807, 2.05) is 0 Å². The van der Waals surface area contributed by atoms with Crippen LogP contribution in [0.4, 0.5) is 11.4 Å². The van der Waals surface area contributed by atoms with E-state index in [1.165, 1.54) is 25.4 Å². The molecular weight excluding hydrogens is 329 g/mol. The van der Waals surface area contributed by atoms with Crippen molar-refractivity contribution < 1.29 is 14.3 Å². The molecule has 0 aliphatic heterocycles. The molecule has 0 atom stereocenters. The van der Waals surface area contributed by atoms with Crippen LogP contribution in [0.1, 0.15) is 0 Å². The van der Waals surface area contributed by atoms with Crippen LogP contribution in [0.5, 0.6) is 5.75 Å². The quantitative estimate of drug-likeness (QED) is 0.665. The van der Waals surface area contributed by atoms with Crippen molar-refractivity contribution in [2.75, 3.05) is 17.7 Å². The smallest absolute Gasteiger partial charge is 0.314 e. The number of nitrogens with one attached hydrogen (secondary N) is 2. The summed E-state index contributed by atoms with van der Waals surface area (Å²) < 4.78 is 5.08. The molecule has 0 bridgehead atoms. The molecule has 2 rings (SSSR count). The molecule has 1 heterocycles. The number of rotatable bonds is 3. The monoisotopic (exact) mass is 339 g/mol. The molecule has 8 heteroatoms. The number of halogens is 2. The molecule has 2 amide bonds.